The Labute approximate surface area is 223 Å². The van der Waals surface area contributed by atoms with Gasteiger partial charge in [0.1, 0.15) is 0 Å². The summed E-state index contributed by atoms with van der Waals surface area (Å²) in [6.07, 6.45) is 4.53. The number of likely N-dealkylation sites (tertiary alicyclic amines) is 2. The highest BCUT2D eigenvalue weighted by atomic mass is 35.5. The minimum atomic E-state index is -0.556. The Morgan fingerprint density at radius 2 is 1.78 bits per heavy atom. The van der Waals surface area contributed by atoms with E-state index < -0.39 is 5.60 Å². The molecule has 2 aromatic carbocycles. The molecule has 3 aromatic rings. The van der Waals surface area contributed by atoms with Gasteiger partial charge in [-0.3, -0.25) is 4.79 Å². The number of aliphatic hydroxyl groups is 1. The summed E-state index contributed by atoms with van der Waals surface area (Å²) in [6, 6.07) is 20.1. The summed E-state index contributed by atoms with van der Waals surface area (Å²) < 4.78 is 0. The fourth-order valence-corrected chi connectivity index (χ4v) is 6.83. The number of piperidine rings is 1. The van der Waals surface area contributed by atoms with E-state index in [1.165, 1.54) is 11.1 Å². The van der Waals surface area contributed by atoms with Gasteiger partial charge in [0.05, 0.1) is 16.2 Å². The summed E-state index contributed by atoms with van der Waals surface area (Å²) in [4.78, 5) is 17.8. The number of carbonyl (C=O) groups is 1. The van der Waals surface area contributed by atoms with Gasteiger partial charge in [0, 0.05) is 38.6 Å². The van der Waals surface area contributed by atoms with Crippen LogP contribution in [-0.2, 0) is 6.42 Å². The Bertz CT molecular complexity index is 1130. The van der Waals surface area contributed by atoms with E-state index in [1.807, 2.05) is 29.2 Å². The van der Waals surface area contributed by atoms with Crippen LogP contribution >= 0.6 is 22.9 Å². The van der Waals surface area contributed by atoms with Crippen LogP contribution < -0.4 is 0 Å². The lowest BCUT2D eigenvalue weighted by Gasteiger charge is -2.39. The number of hydrogen-bond acceptors (Lipinski definition) is 4. The van der Waals surface area contributed by atoms with Crippen LogP contribution in [0.25, 0.3) is 0 Å². The predicted molar refractivity (Wildman–Crippen MR) is 148 cm³/mol. The molecule has 190 valence electrons. The number of hydrogen-bond donors (Lipinski definition) is 1. The van der Waals surface area contributed by atoms with Gasteiger partial charge >= 0.3 is 0 Å². The monoisotopic (exact) mass is 522 g/mol. The van der Waals surface area contributed by atoms with Gasteiger partial charge in [-0.2, -0.15) is 11.3 Å². The van der Waals surface area contributed by atoms with Crippen LogP contribution in [-0.4, -0.2) is 59.1 Å². The fraction of sp³-hybridized carbons (Fsp3) is 0.433. The minimum absolute atomic E-state index is 0.0229. The molecule has 2 aliphatic heterocycles. The van der Waals surface area contributed by atoms with E-state index in [9.17, 15) is 9.90 Å². The van der Waals surface area contributed by atoms with E-state index >= 15 is 0 Å². The number of nitrogens with zero attached hydrogens (tertiary/aromatic N) is 2. The second-order valence-electron chi connectivity index (χ2n) is 10.5. The molecule has 6 heteroatoms. The predicted octanol–water partition coefficient (Wildman–Crippen LogP) is 6.11. The van der Waals surface area contributed by atoms with Crippen molar-refractivity contribution in [1.82, 2.24) is 9.80 Å². The molecule has 1 amide bonds. The zero-order valence-electron chi connectivity index (χ0n) is 20.7. The first kappa shape index (κ1) is 25.5. The van der Waals surface area contributed by atoms with Crippen LogP contribution in [0.2, 0.25) is 5.02 Å². The summed E-state index contributed by atoms with van der Waals surface area (Å²) in [5.41, 5.74) is 2.70. The SMILES string of the molecule is O=C(c1ccccc1Cl)N1CC(CN2CCC(O)(CCCc3ccccc3)CC2)C(c2ccsc2)C1. The largest absolute Gasteiger partial charge is 0.390 e. The molecule has 0 saturated carbocycles. The Hall–Kier alpha value is -2.18. The van der Waals surface area contributed by atoms with E-state index in [0.29, 0.717) is 22.4 Å². The molecule has 5 rings (SSSR count). The van der Waals surface area contributed by atoms with Crippen molar-refractivity contribution in [2.45, 2.75) is 43.6 Å². The third-order valence-corrected chi connectivity index (χ3v) is 9.06. The molecule has 0 aliphatic carbocycles. The highest BCUT2D eigenvalue weighted by molar-refractivity contribution is 7.08. The topological polar surface area (TPSA) is 43.8 Å². The Morgan fingerprint density at radius 1 is 1.03 bits per heavy atom. The van der Waals surface area contributed by atoms with Crippen LogP contribution in [0.15, 0.2) is 71.4 Å². The van der Waals surface area contributed by atoms with Crippen LogP contribution in [0.1, 0.15) is 53.1 Å². The fourth-order valence-electron chi connectivity index (χ4n) is 5.89. The molecule has 0 radical (unpaired) electrons. The van der Waals surface area contributed by atoms with Crippen LogP contribution in [0.3, 0.4) is 0 Å². The average Bonchev–Trinajstić information content (AvgIpc) is 3.56. The Morgan fingerprint density at radius 3 is 2.50 bits per heavy atom. The van der Waals surface area contributed by atoms with E-state index in [1.54, 1.807) is 17.4 Å². The van der Waals surface area contributed by atoms with Crippen molar-refractivity contribution in [3.05, 3.63) is 93.1 Å². The van der Waals surface area contributed by atoms with Gasteiger partial charge in [0.2, 0.25) is 0 Å². The summed E-state index contributed by atoms with van der Waals surface area (Å²) in [5, 5.41) is 16.1. The number of benzene rings is 2. The maximum atomic E-state index is 13.3. The van der Waals surface area contributed by atoms with Crippen LogP contribution in [0.4, 0.5) is 0 Å². The van der Waals surface area contributed by atoms with E-state index in [0.717, 1.165) is 64.8 Å². The van der Waals surface area contributed by atoms with Crippen molar-refractivity contribution in [3.8, 4) is 0 Å². The zero-order chi connectivity index (χ0) is 25.0. The van der Waals surface area contributed by atoms with Gasteiger partial charge in [0.15, 0.2) is 0 Å². The lowest BCUT2D eigenvalue weighted by Crippen LogP contribution is -2.46. The summed E-state index contributed by atoms with van der Waals surface area (Å²) in [6.45, 7) is 4.23. The summed E-state index contributed by atoms with van der Waals surface area (Å²) in [5.74, 6) is 0.722. The molecule has 2 unspecified atom stereocenters. The number of carbonyl (C=O) groups excluding carboxylic acids is 1. The molecular weight excluding hydrogens is 488 g/mol. The van der Waals surface area contributed by atoms with E-state index in [2.05, 4.69) is 46.0 Å². The normalized spacial score (nSPS) is 22.1. The first-order valence-electron chi connectivity index (χ1n) is 13.1. The first-order chi connectivity index (χ1) is 17.5. The number of halogens is 1. The summed E-state index contributed by atoms with van der Waals surface area (Å²) >= 11 is 8.06. The quantitative estimate of drug-likeness (QED) is 0.388. The number of amides is 1. The number of aryl methyl sites for hydroxylation is 1. The maximum absolute atomic E-state index is 13.3. The van der Waals surface area contributed by atoms with Crippen LogP contribution in [0, 0.1) is 5.92 Å². The third kappa shape index (κ3) is 6.03. The molecule has 0 spiro atoms. The van der Waals surface area contributed by atoms with E-state index in [-0.39, 0.29) is 5.91 Å². The highest BCUT2D eigenvalue weighted by Gasteiger charge is 2.39. The molecule has 4 nitrogen and oxygen atoms in total. The molecule has 0 bridgehead atoms. The zero-order valence-corrected chi connectivity index (χ0v) is 22.3. The molecule has 2 aliphatic rings. The second kappa shape index (κ2) is 11.5. The van der Waals surface area contributed by atoms with E-state index in [4.69, 9.17) is 11.6 Å². The molecule has 2 atom stereocenters. The Balaban J connectivity index is 1.18. The van der Waals surface area contributed by atoms with Gasteiger partial charge in [-0.05, 0) is 78.1 Å². The second-order valence-corrected chi connectivity index (χ2v) is 11.7. The smallest absolute Gasteiger partial charge is 0.255 e. The van der Waals surface area contributed by atoms with Crippen molar-refractivity contribution < 1.29 is 9.90 Å². The number of rotatable bonds is 8. The minimum Gasteiger partial charge on any atom is -0.390 e. The first-order valence-corrected chi connectivity index (χ1v) is 14.4. The molecule has 3 heterocycles. The molecule has 2 saturated heterocycles. The third-order valence-electron chi connectivity index (χ3n) is 8.03. The number of thiophene rings is 1. The van der Waals surface area contributed by atoms with Gasteiger partial charge in [0.25, 0.3) is 5.91 Å². The molecule has 36 heavy (non-hydrogen) atoms. The molecule has 2 fully saturated rings. The van der Waals surface area contributed by atoms with Gasteiger partial charge in [-0.15, -0.1) is 0 Å². The molecule has 1 N–H and O–H groups in total. The van der Waals surface area contributed by atoms with Crippen molar-refractivity contribution in [3.63, 3.8) is 0 Å². The maximum Gasteiger partial charge on any atom is 0.255 e. The lowest BCUT2D eigenvalue weighted by molar-refractivity contribution is -0.0315. The van der Waals surface area contributed by atoms with Gasteiger partial charge in [-0.1, -0.05) is 54.1 Å². The molecular formula is C30H35ClN2O2S. The van der Waals surface area contributed by atoms with Crippen molar-refractivity contribution in [2.75, 3.05) is 32.7 Å². The van der Waals surface area contributed by atoms with Gasteiger partial charge < -0.3 is 14.9 Å². The van der Waals surface area contributed by atoms with Crippen molar-refractivity contribution in [2.24, 2.45) is 5.92 Å². The summed E-state index contributed by atoms with van der Waals surface area (Å²) in [7, 11) is 0. The average molecular weight is 523 g/mol. The van der Waals surface area contributed by atoms with Crippen molar-refractivity contribution >= 4 is 28.8 Å². The lowest BCUT2D eigenvalue weighted by atomic mass is 9.84. The standard InChI is InChI=1S/C30H35ClN2O2S/c31-28-11-5-4-10-26(28)29(34)33-20-25(27(21-33)24-12-18-36-22-24)19-32-16-14-30(35,15-17-32)13-6-9-23-7-2-1-3-8-23/h1-5,7-8,10-12,18,22,25,27,35H,6,9,13-17,19-21H2. The Kier molecular flexibility index (Phi) is 8.12. The van der Waals surface area contributed by atoms with Crippen LogP contribution in [0.5, 0.6) is 0 Å². The highest BCUT2D eigenvalue weighted by Crippen LogP contribution is 2.37. The van der Waals surface area contributed by atoms with Crippen molar-refractivity contribution in [1.29, 1.82) is 0 Å². The van der Waals surface area contributed by atoms with Gasteiger partial charge in [-0.25, -0.2) is 0 Å². The molecule has 1 aromatic heterocycles.